The van der Waals surface area contributed by atoms with Crippen molar-refractivity contribution in [3.8, 4) is 6.07 Å². The largest absolute Gasteiger partial charge is 0.323 e. The minimum absolute atomic E-state index is 0.0288. The van der Waals surface area contributed by atoms with Gasteiger partial charge < -0.3 is 4.90 Å². The lowest BCUT2D eigenvalue weighted by atomic mass is 10.0. The predicted octanol–water partition coefficient (Wildman–Crippen LogP) is 2.68. The van der Waals surface area contributed by atoms with Crippen LogP contribution in [0.25, 0.3) is 0 Å². The minimum Gasteiger partial charge on any atom is -0.323 e. The molecule has 0 fully saturated rings. The molecule has 90 valence electrons. The molecule has 0 spiro atoms. The first-order chi connectivity index (χ1) is 7.99. The van der Waals surface area contributed by atoms with Crippen LogP contribution in [0.4, 0.5) is 0 Å². The minimum atomic E-state index is -0.0582. The van der Waals surface area contributed by atoms with Crippen molar-refractivity contribution in [2.24, 2.45) is 0 Å². The molecule has 0 aliphatic carbocycles. The fourth-order valence-corrected chi connectivity index (χ4v) is 1.86. The van der Waals surface area contributed by atoms with Crippen LogP contribution in [0.2, 0.25) is 0 Å². The second-order valence-electron chi connectivity index (χ2n) is 4.45. The molecule has 0 saturated carbocycles. The van der Waals surface area contributed by atoms with E-state index in [0.717, 1.165) is 16.7 Å². The van der Waals surface area contributed by atoms with Crippen LogP contribution in [0.3, 0.4) is 0 Å². The predicted molar refractivity (Wildman–Crippen MR) is 67.7 cm³/mol. The molecule has 0 aliphatic rings. The topological polar surface area (TPSA) is 44.1 Å². The average Bonchev–Trinajstić information content (AvgIpc) is 2.24. The molecule has 0 unspecified atom stereocenters. The van der Waals surface area contributed by atoms with Crippen molar-refractivity contribution in [2.45, 2.75) is 33.7 Å². The number of nitrogens with zero attached hydrogens (tertiary/aromatic N) is 2. The summed E-state index contributed by atoms with van der Waals surface area (Å²) in [5, 5.41) is 8.78. The Bertz CT molecular complexity index is 438. The highest BCUT2D eigenvalue weighted by Gasteiger charge is 2.21. The van der Waals surface area contributed by atoms with Crippen LogP contribution in [0.15, 0.2) is 18.2 Å². The average molecular weight is 230 g/mol. The molecule has 1 amide bonds. The normalized spacial score (nSPS) is 10.1. The van der Waals surface area contributed by atoms with Gasteiger partial charge in [-0.25, -0.2) is 0 Å². The molecule has 0 N–H and O–H groups in total. The zero-order chi connectivity index (χ0) is 13.0. The Kier molecular flexibility index (Phi) is 4.28. The third-order valence-corrected chi connectivity index (χ3v) is 2.82. The van der Waals surface area contributed by atoms with Crippen LogP contribution in [0.5, 0.6) is 0 Å². The molecule has 17 heavy (non-hydrogen) atoms. The summed E-state index contributed by atoms with van der Waals surface area (Å²) in [4.78, 5) is 14.0. The lowest BCUT2D eigenvalue weighted by molar-refractivity contribution is 0.0730. The van der Waals surface area contributed by atoms with Crippen molar-refractivity contribution in [3.05, 3.63) is 34.9 Å². The van der Waals surface area contributed by atoms with Gasteiger partial charge in [0.05, 0.1) is 6.07 Å². The smallest absolute Gasteiger partial charge is 0.255 e. The van der Waals surface area contributed by atoms with Crippen LogP contribution < -0.4 is 0 Å². The van der Waals surface area contributed by atoms with Crippen molar-refractivity contribution >= 4 is 5.91 Å². The molecule has 3 nitrogen and oxygen atoms in total. The van der Waals surface area contributed by atoms with Gasteiger partial charge in [-0.2, -0.15) is 5.26 Å². The van der Waals surface area contributed by atoms with E-state index in [-0.39, 0.29) is 18.5 Å². The fraction of sp³-hybridized carbons (Fsp3) is 0.429. The van der Waals surface area contributed by atoms with Gasteiger partial charge in [-0.05, 0) is 38.8 Å². The van der Waals surface area contributed by atoms with Crippen molar-refractivity contribution in [3.63, 3.8) is 0 Å². The quantitative estimate of drug-likeness (QED) is 0.749. The zero-order valence-electron chi connectivity index (χ0n) is 10.8. The third kappa shape index (κ3) is 2.85. The van der Waals surface area contributed by atoms with E-state index < -0.39 is 0 Å². The highest BCUT2D eigenvalue weighted by Crippen LogP contribution is 2.17. The highest BCUT2D eigenvalue weighted by molar-refractivity contribution is 5.97. The van der Waals surface area contributed by atoms with E-state index in [4.69, 9.17) is 5.26 Å². The molecule has 0 aliphatic heterocycles. The molecular formula is C14H18N2O. The number of hydrogen-bond acceptors (Lipinski definition) is 2. The van der Waals surface area contributed by atoms with E-state index in [9.17, 15) is 4.79 Å². The van der Waals surface area contributed by atoms with E-state index in [0.29, 0.717) is 0 Å². The molecular weight excluding hydrogens is 212 g/mol. The number of rotatable bonds is 3. The molecule has 0 saturated heterocycles. The molecule has 0 aromatic heterocycles. The van der Waals surface area contributed by atoms with Gasteiger partial charge >= 0.3 is 0 Å². The Balaban J connectivity index is 3.15. The Morgan fingerprint density at radius 3 is 2.29 bits per heavy atom. The van der Waals surface area contributed by atoms with Gasteiger partial charge in [-0.3, -0.25) is 4.79 Å². The number of aryl methyl sites for hydroxylation is 2. The third-order valence-electron chi connectivity index (χ3n) is 2.82. The summed E-state index contributed by atoms with van der Waals surface area (Å²) < 4.78 is 0. The number of carbonyl (C=O) groups is 1. The number of hydrogen-bond donors (Lipinski definition) is 0. The molecule has 1 rings (SSSR count). The van der Waals surface area contributed by atoms with Crippen LogP contribution in [0.1, 0.15) is 35.3 Å². The van der Waals surface area contributed by atoms with Crippen molar-refractivity contribution in [2.75, 3.05) is 6.54 Å². The first-order valence-electron chi connectivity index (χ1n) is 5.73. The molecule has 0 heterocycles. The Hall–Kier alpha value is -1.82. The highest BCUT2D eigenvalue weighted by atomic mass is 16.2. The van der Waals surface area contributed by atoms with Crippen LogP contribution in [-0.4, -0.2) is 23.4 Å². The lowest BCUT2D eigenvalue weighted by Crippen LogP contribution is -2.38. The van der Waals surface area contributed by atoms with E-state index in [2.05, 4.69) is 0 Å². The fourth-order valence-electron chi connectivity index (χ4n) is 1.86. The van der Waals surface area contributed by atoms with E-state index >= 15 is 0 Å². The van der Waals surface area contributed by atoms with Crippen LogP contribution in [0, 0.1) is 25.2 Å². The Labute approximate surface area is 103 Å². The maximum Gasteiger partial charge on any atom is 0.255 e. The van der Waals surface area contributed by atoms with Gasteiger partial charge in [-0.1, -0.05) is 18.2 Å². The number of nitriles is 1. The lowest BCUT2D eigenvalue weighted by Gasteiger charge is -2.25. The molecule has 0 atom stereocenters. The van der Waals surface area contributed by atoms with Gasteiger partial charge in [0.2, 0.25) is 0 Å². The number of carbonyl (C=O) groups excluding carboxylic acids is 1. The second kappa shape index (κ2) is 5.49. The summed E-state index contributed by atoms with van der Waals surface area (Å²) in [6.45, 7) is 7.81. The molecule has 1 aromatic rings. The van der Waals surface area contributed by atoms with E-state index in [1.54, 1.807) is 4.90 Å². The molecule has 3 heteroatoms. The van der Waals surface area contributed by atoms with Crippen molar-refractivity contribution in [1.29, 1.82) is 5.26 Å². The summed E-state index contributed by atoms with van der Waals surface area (Å²) in [5.41, 5.74) is 2.63. The van der Waals surface area contributed by atoms with Crippen molar-refractivity contribution in [1.82, 2.24) is 4.90 Å². The van der Waals surface area contributed by atoms with Crippen molar-refractivity contribution < 1.29 is 4.79 Å². The Morgan fingerprint density at radius 2 is 1.88 bits per heavy atom. The maximum absolute atomic E-state index is 12.4. The number of amides is 1. The summed E-state index contributed by atoms with van der Waals surface area (Å²) >= 11 is 0. The Morgan fingerprint density at radius 1 is 1.35 bits per heavy atom. The molecule has 0 radical (unpaired) electrons. The van der Waals surface area contributed by atoms with Crippen LogP contribution >= 0.6 is 0 Å². The molecule has 0 bridgehead atoms. The molecule has 1 aromatic carbocycles. The monoisotopic (exact) mass is 230 g/mol. The van der Waals surface area contributed by atoms with Gasteiger partial charge in [0.15, 0.2) is 0 Å². The van der Waals surface area contributed by atoms with Gasteiger partial charge in [-0.15, -0.1) is 0 Å². The maximum atomic E-state index is 12.4. The summed E-state index contributed by atoms with van der Waals surface area (Å²) in [6.07, 6.45) is 0. The summed E-state index contributed by atoms with van der Waals surface area (Å²) in [6, 6.07) is 7.85. The SMILES string of the molecule is Cc1cccc(C)c1C(=O)N(CC#N)C(C)C. The van der Waals surface area contributed by atoms with Gasteiger partial charge in [0.25, 0.3) is 5.91 Å². The summed E-state index contributed by atoms with van der Waals surface area (Å²) in [5.74, 6) is -0.0582. The van der Waals surface area contributed by atoms with E-state index in [1.807, 2.05) is 52.0 Å². The van der Waals surface area contributed by atoms with Gasteiger partial charge in [0.1, 0.15) is 6.54 Å². The summed E-state index contributed by atoms with van der Waals surface area (Å²) in [7, 11) is 0. The standard InChI is InChI=1S/C14H18N2O/c1-10(2)16(9-8-15)14(17)13-11(3)6-5-7-12(13)4/h5-7,10H,9H2,1-4H3. The zero-order valence-corrected chi connectivity index (χ0v) is 10.8. The number of benzene rings is 1. The first kappa shape index (κ1) is 13.2. The first-order valence-corrected chi connectivity index (χ1v) is 5.73. The van der Waals surface area contributed by atoms with Gasteiger partial charge in [0, 0.05) is 11.6 Å². The van der Waals surface area contributed by atoms with E-state index in [1.165, 1.54) is 0 Å². The second-order valence-corrected chi connectivity index (χ2v) is 4.45. The van der Waals surface area contributed by atoms with Crippen LogP contribution in [-0.2, 0) is 0 Å².